The molecule has 5 nitrogen and oxygen atoms in total. The quantitative estimate of drug-likeness (QED) is 0.807. The van der Waals surface area contributed by atoms with Gasteiger partial charge in [-0.05, 0) is 18.2 Å². The Labute approximate surface area is 115 Å². The molecule has 0 aliphatic carbocycles. The lowest BCUT2D eigenvalue weighted by molar-refractivity contribution is 0.102. The summed E-state index contributed by atoms with van der Waals surface area (Å²) < 4.78 is 15.2. The lowest BCUT2D eigenvalue weighted by Crippen LogP contribution is -2.13. The minimum Gasteiger partial charge on any atom is -0.384 e. The molecule has 0 fully saturated rings. The molecule has 0 aliphatic heterocycles. The molecule has 0 spiro atoms. The number of hydrogen-bond donors (Lipinski definition) is 2. The van der Waals surface area contributed by atoms with Gasteiger partial charge < -0.3 is 10.4 Å². The van der Waals surface area contributed by atoms with Crippen LogP contribution in [0, 0.1) is 17.7 Å². The molecule has 0 bridgehead atoms. The zero-order chi connectivity index (χ0) is 14.5. The van der Waals surface area contributed by atoms with Crippen LogP contribution in [-0.2, 0) is 7.05 Å². The highest BCUT2D eigenvalue weighted by atomic mass is 19.1. The maximum atomic E-state index is 13.7. The molecule has 1 heterocycles. The molecule has 1 aromatic heterocycles. The van der Waals surface area contributed by atoms with Gasteiger partial charge in [-0.3, -0.25) is 9.48 Å². The molecule has 2 aromatic rings. The van der Waals surface area contributed by atoms with E-state index in [2.05, 4.69) is 22.3 Å². The number of benzene rings is 1. The molecule has 0 saturated heterocycles. The van der Waals surface area contributed by atoms with Crippen LogP contribution in [0.25, 0.3) is 0 Å². The van der Waals surface area contributed by atoms with E-state index in [4.69, 9.17) is 5.11 Å². The third kappa shape index (κ3) is 3.22. The molecule has 2 N–H and O–H groups in total. The summed E-state index contributed by atoms with van der Waals surface area (Å²) in [5, 5.41) is 15.1. The Hall–Kier alpha value is -2.65. The molecule has 20 heavy (non-hydrogen) atoms. The number of aromatic nitrogens is 2. The van der Waals surface area contributed by atoms with Crippen LogP contribution >= 0.6 is 0 Å². The van der Waals surface area contributed by atoms with Crippen molar-refractivity contribution in [3.63, 3.8) is 0 Å². The van der Waals surface area contributed by atoms with Crippen molar-refractivity contribution in [2.75, 3.05) is 11.9 Å². The molecule has 6 heteroatoms. The first-order chi connectivity index (χ1) is 9.60. The largest absolute Gasteiger partial charge is 0.384 e. The predicted molar refractivity (Wildman–Crippen MR) is 71.5 cm³/mol. The minimum absolute atomic E-state index is 0.133. The molecule has 0 atom stereocenters. The van der Waals surface area contributed by atoms with Gasteiger partial charge in [0, 0.05) is 24.9 Å². The average Bonchev–Trinajstić information content (AvgIpc) is 2.82. The summed E-state index contributed by atoms with van der Waals surface area (Å²) in [5.74, 6) is 4.13. The highest BCUT2D eigenvalue weighted by Crippen LogP contribution is 2.11. The summed E-state index contributed by atoms with van der Waals surface area (Å²) in [6.45, 7) is -0.346. The van der Waals surface area contributed by atoms with Gasteiger partial charge in [-0.15, -0.1) is 0 Å². The third-order valence-corrected chi connectivity index (χ3v) is 2.49. The van der Waals surface area contributed by atoms with E-state index in [-0.39, 0.29) is 17.7 Å². The maximum absolute atomic E-state index is 13.7. The van der Waals surface area contributed by atoms with Crippen LogP contribution in [0.5, 0.6) is 0 Å². The topological polar surface area (TPSA) is 67.2 Å². The fraction of sp³-hybridized carbons (Fsp3) is 0.143. The van der Waals surface area contributed by atoms with Crippen molar-refractivity contribution >= 4 is 11.7 Å². The van der Waals surface area contributed by atoms with Gasteiger partial charge in [0.1, 0.15) is 12.4 Å². The van der Waals surface area contributed by atoms with Crippen molar-refractivity contribution in [2.24, 2.45) is 7.05 Å². The van der Waals surface area contributed by atoms with Crippen molar-refractivity contribution in [3.8, 4) is 11.8 Å². The van der Waals surface area contributed by atoms with E-state index in [9.17, 15) is 9.18 Å². The SMILES string of the molecule is Cn1ccc(NC(=O)c2ccc(C#CCO)c(F)c2)n1. The van der Waals surface area contributed by atoms with Crippen molar-refractivity contribution in [2.45, 2.75) is 0 Å². The second-order valence-electron chi connectivity index (χ2n) is 3.98. The number of aliphatic hydroxyl groups is 1. The number of carbonyl (C=O) groups is 1. The number of anilines is 1. The van der Waals surface area contributed by atoms with E-state index in [1.54, 1.807) is 24.0 Å². The summed E-state index contributed by atoms with van der Waals surface area (Å²) in [4.78, 5) is 11.9. The van der Waals surface area contributed by atoms with Crippen molar-refractivity contribution in [1.29, 1.82) is 0 Å². The Balaban J connectivity index is 2.16. The normalized spacial score (nSPS) is 9.75. The van der Waals surface area contributed by atoms with Gasteiger partial charge in [0.05, 0.1) is 5.56 Å². The van der Waals surface area contributed by atoms with Gasteiger partial charge in [0.2, 0.25) is 0 Å². The third-order valence-electron chi connectivity index (χ3n) is 2.49. The molecule has 1 aromatic carbocycles. The first-order valence-electron chi connectivity index (χ1n) is 5.80. The van der Waals surface area contributed by atoms with E-state index in [0.29, 0.717) is 5.82 Å². The number of carbonyl (C=O) groups excluding carboxylic acids is 1. The van der Waals surface area contributed by atoms with Crippen molar-refractivity contribution in [1.82, 2.24) is 9.78 Å². The van der Waals surface area contributed by atoms with E-state index >= 15 is 0 Å². The molecule has 0 radical (unpaired) electrons. The van der Waals surface area contributed by atoms with Gasteiger partial charge in [-0.2, -0.15) is 5.10 Å². The molecule has 0 unspecified atom stereocenters. The predicted octanol–water partition coefficient (Wildman–Crippen LogP) is 1.16. The summed E-state index contributed by atoms with van der Waals surface area (Å²) >= 11 is 0. The van der Waals surface area contributed by atoms with Gasteiger partial charge in [0.25, 0.3) is 5.91 Å². The summed E-state index contributed by atoms with van der Waals surface area (Å²) in [6, 6.07) is 5.59. The van der Waals surface area contributed by atoms with Gasteiger partial charge in [0.15, 0.2) is 5.82 Å². The zero-order valence-corrected chi connectivity index (χ0v) is 10.7. The number of amides is 1. The standard InChI is InChI=1S/C14H12FN3O2/c1-18-7-6-13(17-18)16-14(20)11-5-4-10(3-2-8-19)12(15)9-11/h4-7,9,19H,8H2,1H3,(H,16,17,20). The van der Waals surface area contributed by atoms with E-state index < -0.39 is 11.7 Å². The molecular formula is C14H12FN3O2. The number of aryl methyl sites for hydroxylation is 1. The fourth-order valence-corrected chi connectivity index (χ4v) is 1.56. The summed E-state index contributed by atoms with van der Waals surface area (Å²) in [6.07, 6.45) is 1.68. The van der Waals surface area contributed by atoms with Crippen LogP contribution in [0.15, 0.2) is 30.5 Å². The Morgan fingerprint density at radius 2 is 2.30 bits per heavy atom. The van der Waals surface area contributed by atoms with E-state index in [0.717, 1.165) is 6.07 Å². The fourth-order valence-electron chi connectivity index (χ4n) is 1.56. The zero-order valence-electron chi connectivity index (χ0n) is 10.7. The highest BCUT2D eigenvalue weighted by molar-refractivity contribution is 6.03. The van der Waals surface area contributed by atoms with Crippen molar-refractivity contribution < 1.29 is 14.3 Å². The number of nitrogens with one attached hydrogen (secondary N) is 1. The Bertz CT molecular complexity index is 698. The lowest BCUT2D eigenvalue weighted by atomic mass is 10.1. The Morgan fingerprint density at radius 1 is 1.50 bits per heavy atom. The first-order valence-corrected chi connectivity index (χ1v) is 5.80. The van der Waals surface area contributed by atoms with Gasteiger partial charge in [-0.1, -0.05) is 11.8 Å². The first kappa shape index (κ1) is 13.8. The van der Waals surface area contributed by atoms with Crippen LogP contribution in [0.4, 0.5) is 10.2 Å². The number of aliphatic hydroxyl groups excluding tert-OH is 1. The average molecular weight is 273 g/mol. The molecule has 102 valence electrons. The molecular weight excluding hydrogens is 261 g/mol. The van der Waals surface area contributed by atoms with Crippen LogP contribution in [0.3, 0.4) is 0 Å². The smallest absolute Gasteiger partial charge is 0.256 e. The molecule has 1 amide bonds. The van der Waals surface area contributed by atoms with Crippen LogP contribution in [0.2, 0.25) is 0 Å². The second-order valence-corrected chi connectivity index (χ2v) is 3.98. The summed E-state index contributed by atoms with van der Waals surface area (Å²) in [7, 11) is 1.73. The van der Waals surface area contributed by atoms with Crippen molar-refractivity contribution in [3.05, 3.63) is 47.4 Å². The Morgan fingerprint density at radius 3 is 2.90 bits per heavy atom. The van der Waals surface area contributed by atoms with Crippen LogP contribution < -0.4 is 5.32 Å². The number of hydrogen-bond acceptors (Lipinski definition) is 3. The Kier molecular flexibility index (Phi) is 4.13. The molecule has 2 rings (SSSR count). The minimum atomic E-state index is -0.611. The monoisotopic (exact) mass is 273 g/mol. The number of halogens is 1. The molecule has 0 saturated carbocycles. The van der Waals surface area contributed by atoms with Gasteiger partial charge >= 0.3 is 0 Å². The number of nitrogens with zero attached hydrogens (tertiary/aromatic N) is 2. The summed E-state index contributed by atoms with van der Waals surface area (Å²) in [5.41, 5.74) is 0.302. The maximum Gasteiger partial charge on any atom is 0.256 e. The lowest BCUT2D eigenvalue weighted by Gasteiger charge is -2.03. The molecule has 0 aliphatic rings. The van der Waals surface area contributed by atoms with Crippen LogP contribution in [-0.4, -0.2) is 27.4 Å². The van der Waals surface area contributed by atoms with Crippen LogP contribution in [0.1, 0.15) is 15.9 Å². The highest BCUT2D eigenvalue weighted by Gasteiger charge is 2.10. The number of rotatable bonds is 2. The second kappa shape index (κ2) is 5.99. The van der Waals surface area contributed by atoms with E-state index in [1.807, 2.05) is 0 Å². The van der Waals surface area contributed by atoms with E-state index in [1.165, 1.54) is 12.1 Å². The van der Waals surface area contributed by atoms with Gasteiger partial charge in [-0.25, -0.2) is 4.39 Å².